The topological polar surface area (TPSA) is 39.2 Å². The highest BCUT2D eigenvalue weighted by molar-refractivity contribution is 5.78. The summed E-state index contributed by atoms with van der Waals surface area (Å²) in [6, 6.07) is 5.71. The Hall–Kier alpha value is -1.42. The van der Waals surface area contributed by atoms with Crippen molar-refractivity contribution < 1.29 is 13.2 Å². The lowest BCUT2D eigenvalue weighted by atomic mass is 9.97. The Balaban J connectivity index is 2.10. The van der Waals surface area contributed by atoms with Crippen LogP contribution in [-0.4, -0.2) is 6.54 Å². The maximum atomic E-state index is 14.7. The molecule has 1 saturated carbocycles. The van der Waals surface area contributed by atoms with Crippen LogP contribution >= 0.6 is 0 Å². The van der Waals surface area contributed by atoms with Crippen molar-refractivity contribution in [3.63, 3.8) is 0 Å². The van der Waals surface area contributed by atoms with E-state index in [2.05, 4.69) is 0 Å². The number of hydrogen-bond donors (Lipinski definition) is 1. The van der Waals surface area contributed by atoms with Gasteiger partial charge in [-0.25, -0.2) is 8.78 Å². The van der Waals surface area contributed by atoms with Crippen LogP contribution in [0.1, 0.15) is 18.6 Å². The van der Waals surface area contributed by atoms with E-state index < -0.39 is 5.67 Å². The number of alkyl halides is 1. The Labute approximate surface area is 97.4 Å². The number of furan rings is 1. The Kier molecular flexibility index (Phi) is 2.23. The van der Waals surface area contributed by atoms with Crippen LogP contribution in [0.25, 0.3) is 11.0 Å². The molecule has 1 aromatic heterocycles. The Morgan fingerprint density at radius 1 is 1.35 bits per heavy atom. The summed E-state index contributed by atoms with van der Waals surface area (Å²) in [6.45, 7) is -0.0973. The van der Waals surface area contributed by atoms with E-state index in [1.165, 1.54) is 18.2 Å². The molecule has 0 amide bonds. The summed E-state index contributed by atoms with van der Waals surface area (Å²) in [5.74, 6) is -0.186. The van der Waals surface area contributed by atoms with E-state index in [0.717, 1.165) is 12.8 Å². The van der Waals surface area contributed by atoms with Gasteiger partial charge in [-0.1, -0.05) is 0 Å². The van der Waals surface area contributed by atoms with Crippen LogP contribution in [0.15, 0.2) is 28.7 Å². The second kappa shape index (κ2) is 3.53. The third-order valence-electron chi connectivity index (χ3n) is 3.41. The highest BCUT2D eigenvalue weighted by Crippen LogP contribution is 2.49. The number of nitrogens with two attached hydrogens (primary N) is 1. The summed E-state index contributed by atoms with van der Waals surface area (Å²) >= 11 is 0. The Bertz CT molecular complexity index is 562. The van der Waals surface area contributed by atoms with Crippen LogP contribution in [0.2, 0.25) is 0 Å². The quantitative estimate of drug-likeness (QED) is 0.890. The highest BCUT2D eigenvalue weighted by Gasteiger charge is 2.48. The van der Waals surface area contributed by atoms with Gasteiger partial charge >= 0.3 is 0 Å². The molecule has 2 nitrogen and oxygen atoms in total. The minimum absolute atomic E-state index is 0.0575. The highest BCUT2D eigenvalue weighted by atomic mass is 19.1. The molecule has 1 unspecified atom stereocenters. The van der Waals surface area contributed by atoms with Crippen molar-refractivity contribution in [3.8, 4) is 0 Å². The van der Waals surface area contributed by atoms with Crippen LogP contribution < -0.4 is 5.73 Å². The molecule has 1 atom stereocenters. The second-order valence-electron chi connectivity index (χ2n) is 4.63. The van der Waals surface area contributed by atoms with Crippen molar-refractivity contribution in [2.45, 2.75) is 18.5 Å². The molecule has 17 heavy (non-hydrogen) atoms. The molecule has 0 bridgehead atoms. The number of halogens is 2. The first kappa shape index (κ1) is 10.7. The van der Waals surface area contributed by atoms with Gasteiger partial charge in [-0.3, -0.25) is 0 Å². The lowest BCUT2D eigenvalue weighted by molar-refractivity contribution is 0.113. The zero-order valence-electron chi connectivity index (χ0n) is 9.25. The first-order valence-corrected chi connectivity index (χ1v) is 5.72. The number of hydrogen-bond acceptors (Lipinski definition) is 2. The summed E-state index contributed by atoms with van der Waals surface area (Å²) < 4.78 is 33.2. The van der Waals surface area contributed by atoms with Gasteiger partial charge in [-0.05, 0) is 37.1 Å². The molecule has 1 aliphatic rings. The van der Waals surface area contributed by atoms with E-state index in [4.69, 9.17) is 10.2 Å². The number of fused-ring (bicyclic) bond motifs is 1. The molecular formula is C13H13F2NO. The molecule has 0 spiro atoms. The molecule has 1 heterocycles. The molecule has 90 valence electrons. The molecule has 2 N–H and O–H groups in total. The largest absolute Gasteiger partial charge is 0.458 e. The van der Waals surface area contributed by atoms with Gasteiger partial charge < -0.3 is 10.2 Å². The maximum Gasteiger partial charge on any atom is 0.183 e. The van der Waals surface area contributed by atoms with Gasteiger partial charge in [0.25, 0.3) is 0 Å². The van der Waals surface area contributed by atoms with E-state index in [1.54, 1.807) is 6.07 Å². The monoisotopic (exact) mass is 237 g/mol. The molecule has 1 aliphatic carbocycles. The molecule has 1 fully saturated rings. The van der Waals surface area contributed by atoms with E-state index in [1.807, 2.05) is 0 Å². The van der Waals surface area contributed by atoms with Gasteiger partial charge in [0.15, 0.2) is 5.67 Å². The van der Waals surface area contributed by atoms with Crippen LogP contribution in [0.4, 0.5) is 8.78 Å². The van der Waals surface area contributed by atoms with Crippen LogP contribution in [0.3, 0.4) is 0 Å². The normalized spacial score (nSPS) is 19.5. The third kappa shape index (κ3) is 1.63. The Morgan fingerprint density at radius 3 is 2.76 bits per heavy atom. The lowest BCUT2D eigenvalue weighted by Gasteiger charge is -2.20. The predicted molar refractivity (Wildman–Crippen MR) is 60.7 cm³/mol. The minimum Gasteiger partial charge on any atom is -0.458 e. The summed E-state index contributed by atoms with van der Waals surface area (Å²) in [6.07, 6.45) is 1.66. The SMILES string of the molecule is NCC(F)(c1cc2cc(F)ccc2o1)C1CC1. The van der Waals surface area contributed by atoms with Gasteiger partial charge in [-0.2, -0.15) is 0 Å². The number of benzene rings is 1. The van der Waals surface area contributed by atoms with Crippen molar-refractivity contribution in [3.05, 3.63) is 35.8 Å². The molecule has 0 saturated heterocycles. The fraction of sp³-hybridized carbons (Fsp3) is 0.385. The van der Waals surface area contributed by atoms with Crippen LogP contribution in [0.5, 0.6) is 0 Å². The van der Waals surface area contributed by atoms with Gasteiger partial charge in [0, 0.05) is 17.8 Å². The number of rotatable bonds is 3. The van der Waals surface area contributed by atoms with Gasteiger partial charge in [0.05, 0.1) is 0 Å². The standard InChI is InChI=1S/C13H13F2NO/c14-10-3-4-11-8(5-10)6-12(17-11)13(15,7-16)9-1-2-9/h3-6,9H,1-2,7,16H2. The first-order chi connectivity index (χ1) is 8.13. The Morgan fingerprint density at radius 2 is 2.12 bits per heavy atom. The maximum absolute atomic E-state index is 14.7. The van der Waals surface area contributed by atoms with Gasteiger partial charge in [0.1, 0.15) is 17.2 Å². The van der Waals surface area contributed by atoms with Crippen molar-refractivity contribution in [1.82, 2.24) is 0 Å². The zero-order chi connectivity index (χ0) is 12.0. The predicted octanol–water partition coefficient (Wildman–Crippen LogP) is 3.11. The molecule has 1 aromatic carbocycles. The summed E-state index contributed by atoms with van der Waals surface area (Å²) in [5.41, 5.74) is 4.42. The average molecular weight is 237 g/mol. The molecule has 0 radical (unpaired) electrons. The van der Waals surface area contributed by atoms with Gasteiger partial charge in [0.2, 0.25) is 0 Å². The lowest BCUT2D eigenvalue weighted by Crippen LogP contribution is -2.32. The summed E-state index contributed by atoms with van der Waals surface area (Å²) in [5, 5.41) is 0.580. The molecule has 3 rings (SSSR count). The summed E-state index contributed by atoms with van der Waals surface area (Å²) in [4.78, 5) is 0. The fourth-order valence-electron chi connectivity index (χ4n) is 2.23. The average Bonchev–Trinajstić information content (AvgIpc) is 3.08. The fourth-order valence-corrected chi connectivity index (χ4v) is 2.23. The van der Waals surface area contributed by atoms with E-state index in [9.17, 15) is 8.78 Å². The van der Waals surface area contributed by atoms with Crippen LogP contribution in [-0.2, 0) is 5.67 Å². The van der Waals surface area contributed by atoms with E-state index >= 15 is 0 Å². The van der Waals surface area contributed by atoms with Gasteiger partial charge in [-0.15, -0.1) is 0 Å². The summed E-state index contributed by atoms with van der Waals surface area (Å²) in [7, 11) is 0. The van der Waals surface area contributed by atoms with Crippen molar-refractivity contribution in [2.75, 3.05) is 6.54 Å². The van der Waals surface area contributed by atoms with Crippen molar-refractivity contribution in [1.29, 1.82) is 0 Å². The molecule has 0 aliphatic heterocycles. The van der Waals surface area contributed by atoms with Crippen LogP contribution in [0, 0.1) is 11.7 Å². The van der Waals surface area contributed by atoms with Crippen molar-refractivity contribution >= 4 is 11.0 Å². The van der Waals surface area contributed by atoms with E-state index in [-0.39, 0.29) is 24.0 Å². The second-order valence-corrected chi connectivity index (χ2v) is 4.63. The molecular weight excluding hydrogens is 224 g/mol. The smallest absolute Gasteiger partial charge is 0.183 e. The first-order valence-electron chi connectivity index (χ1n) is 5.72. The zero-order valence-corrected chi connectivity index (χ0v) is 9.25. The minimum atomic E-state index is -1.60. The molecule has 2 aromatic rings. The van der Waals surface area contributed by atoms with Crippen molar-refractivity contribution in [2.24, 2.45) is 11.7 Å². The third-order valence-corrected chi connectivity index (χ3v) is 3.41. The van der Waals surface area contributed by atoms with E-state index in [0.29, 0.717) is 11.0 Å². The molecule has 4 heteroatoms.